The van der Waals surface area contributed by atoms with E-state index in [0.29, 0.717) is 32.6 Å². The summed E-state index contributed by atoms with van der Waals surface area (Å²) >= 11 is 0. The lowest BCUT2D eigenvalue weighted by atomic mass is 10.2. The highest BCUT2D eigenvalue weighted by molar-refractivity contribution is 5.78. The van der Waals surface area contributed by atoms with E-state index in [1.54, 1.807) is 0 Å². The van der Waals surface area contributed by atoms with E-state index in [1.807, 2.05) is 30.7 Å². The molecule has 1 amide bonds. The molecule has 2 atom stereocenters. The van der Waals surface area contributed by atoms with Gasteiger partial charge in [0.05, 0.1) is 32.3 Å². The van der Waals surface area contributed by atoms with E-state index >= 15 is 0 Å². The van der Waals surface area contributed by atoms with Crippen LogP contribution in [0.4, 0.5) is 0 Å². The summed E-state index contributed by atoms with van der Waals surface area (Å²) in [5.41, 5.74) is 0. The minimum atomic E-state index is -0.257. The molecule has 1 aliphatic rings. The average Bonchev–Trinajstić information content (AvgIpc) is 2.34. The number of rotatable bonds is 5. The first-order valence-electron chi connectivity index (χ1n) is 6.61. The van der Waals surface area contributed by atoms with E-state index in [9.17, 15) is 9.59 Å². The van der Waals surface area contributed by atoms with Crippen molar-refractivity contribution in [3.05, 3.63) is 0 Å². The second-order valence-electron chi connectivity index (χ2n) is 5.12. The first-order chi connectivity index (χ1) is 8.92. The molecule has 0 bridgehead atoms. The SMILES string of the molecule is COC(=O)CCN(C)CC(=O)N1CC(C)OC(C)C1. The number of hydrogen-bond acceptors (Lipinski definition) is 5. The quantitative estimate of drug-likeness (QED) is 0.665. The van der Waals surface area contributed by atoms with Crippen LogP contribution in [-0.2, 0) is 19.1 Å². The molecular formula is C13H24N2O4. The van der Waals surface area contributed by atoms with Crippen molar-refractivity contribution in [2.24, 2.45) is 0 Å². The van der Waals surface area contributed by atoms with Gasteiger partial charge in [-0.05, 0) is 20.9 Å². The van der Waals surface area contributed by atoms with Crippen LogP contribution in [0.3, 0.4) is 0 Å². The summed E-state index contributed by atoms with van der Waals surface area (Å²) in [4.78, 5) is 26.8. The highest BCUT2D eigenvalue weighted by atomic mass is 16.5. The Morgan fingerprint density at radius 3 is 2.42 bits per heavy atom. The van der Waals surface area contributed by atoms with Gasteiger partial charge in [0.15, 0.2) is 0 Å². The van der Waals surface area contributed by atoms with Crippen LogP contribution in [0.1, 0.15) is 20.3 Å². The van der Waals surface area contributed by atoms with Gasteiger partial charge in [-0.25, -0.2) is 0 Å². The Bertz CT molecular complexity index is 312. The van der Waals surface area contributed by atoms with Crippen molar-refractivity contribution in [1.82, 2.24) is 9.80 Å². The van der Waals surface area contributed by atoms with Crippen LogP contribution in [0, 0.1) is 0 Å². The van der Waals surface area contributed by atoms with E-state index in [-0.39, 0.29) is 24.1 Å². The molecule has 1 rings (SSSR count). The Morgan fingerprint density at radius 2 is 1.89 bits per heavy atom. The predicted octanol–water partition coefficient (Wildman–Crippen LogP) is 0.117. The van der Waals surface area contributed by atoms with E-state index in [1.165, 1.54) is 7.11 Å². The van der Waals surface area contributed by atoms with Crippen molar-refractivity contribution in [2.45, 2.75) is 32.5 Å². The fourth-order valence-electron chi connectivity index (χ4n) is 2.18. The average molecular weight is 272 g/mol. The van der Waals surface area contributed by atoms with Crippen LogP contribution in [-0.4, -0.2) is 74.2 Å². The molecule has 0 aromatic rings. The number of morpholine rings is 1. The molecule has 1 fully saturated rings. The van der Waals surface area contributed by atoms with E-state index in [0.717, 1.165) is 0 Å². The van der Waals surface area contributed by atoms with Crippen LogP contribution in [0.25, 0.3) is 0 Å². The fraction of sp³-hybridized carbons (Fsp3) is 0.846. The molecule has 6 heteroatoms. The van der Waals surface area contributed by atoms with Gasteiger partial charge in [-0.1, -0.05) is 0 Å². The smallest absolute Gasteiger partial charge is 0.306 e. The maximum absolute atomic E-state index is 12.1. The molecule has 19 heavy (non-hydrogen) atoms. The molecule has 1 aliphatic heterocycles. The van der Waals surface area contributed by atoms with Crippen molar-refractivity contribution in [1.29, 1.82) is 0 Å². The summed E-state index contributed by atoms with van der Waals surface area (Å²) in [6.07, 6.45) is 0.456. The summed E-state index contributed by atoms with van der Waals surface area (Å²) < 4.78 is 10.2. The molecule has 0 spiro atoms. The molecule has 2 unspecified atom stereocenters. The Kier molecular flexibility index (Phi) is 6.24. The summed E-state index contributed by atoms with van der Waals surface area (Å²) in [6.45, 7) is 6.04. The number of nitrogens with zero attached hydrogens (tertiary/aromatic N) is 2. The Hall–Kier alpha value is -1.14. The summed E-state index contributed by atoms with van der Waals surface area (Å²) in [6, 6.07) is 0. The Labute approximate surface area is 114 Å². The number of hydrogen-bond donors (Lipinski definition) is 0. The monoisotopic (exact) mass is 272 g/mol. The zero-order valence-electron chi connectivity index (χ0n) is 12.2. The first-order valence-corrected chi connectivity index (χ1v) is 6.61. The summed E-state index contributed by atoms with van der Waals surface area (Å²) in [5.74, 6) is -0.178. The number of likely N-dealkylation sites (N-methyl/N-ethyl adjacent to an activating group) is 1. The standard InChI is InChI=1S/C13H24N2O4/c1-10-7-15(8-11(2)19-10)12(16)9-14(3)6-5-13(17)18-4/h10-11H,5-9H2,1-4H3. The minimum absolute atomic E-state index is 0.0769. The van der Waals surface area contributed by atoms with Gasteiger partial charge in [-0.3, -0.25) is 14.5 Å². The first kappa shape index (κ1) is 15.9. The largest absolute Gasteiger partial charge is 0.469 e. The van der Waals surface area contributed by atoms with Gasteiger partial charge in [0.25, 0.3) is 0 Å². The van der Waals surface area contributed by atoms with Crippen LogP contribution in [0.2, 0.25) is 0 Å². The second-order valence-corrected chi connectivity index (χ2v) is 5.12. The predicted molar refractivity (Wildman–Crippen MR) is 70.7 cm³/mol. The van der Waals surface area contributed by atoms with Gasteiger partial charge in [0.1, 0.15) is 0 Å². The highest BCUT2D eigenvalue weighted by Gasteiger charge is 2.26. The zero-order chi connectivity index (χ0) is 14.4. The van der Waals surface area contributed by atoms with Crippen LogP contribution in [0.5, 0.6) is 0 Å². The maximum atomic E-state index is 12.1. The molecule has 0 aromatic heterocycles. The number of esters is 1. The topological polar surface area (TPSA) is 59.1 Å². The number of ether oxygens (including phenoxy) is 2. The van der Waals surface area contributed by atoms with Gasteiger partial charge in [-0.15, -0.1) is 0 Å². The number of amides is 1. The van der Waals surface area contributed by atoms with Gasteiger partial charge in [-0.2, -0.15) is 0 Å². The number of carbonyl (C=O) groups excluding carboxylic acids is 2. The van der Waals surface area contributed by atoms with E-state index in [4.69, 9.17) is 4.74 Å². The third kappa shape index (κ3) is 5.57. The third-order valence-corrected chi connectivity index (χ3v) is 3.10. The van der Waals surface area contributed by atoms with Gasteiger partial charge in [0.2, 0.25) is 5.91 Å². The van der Waals surface area contributed by atoms with Crippen molar-refractivity contribution < 1.29 is 19.1 Å². The number of carbonyl (C=O) groups is 2. The summed E-state index contributed by atoms with van der Waals surface area (Å²) in [5, 5.41) is 0. The molecule has 1 heterocycles. The molecule has 6 nitrogen and oxygen atoms in total. The lowest BCUT2D eigenvalue weighted by Crippen LogP contribution is -2.50. The van der Waals surface area contributed by atoms with Crippen LogP contribution in [0.15, 0.2) is 0 Å². The van der Waals surface area contributed by atoms with Gasteiger partial charge >= 0.3 is 5.97 Å². The van der Waals surface area contributed by atoms with Crippen molar-refractivity contribution in [3.63, 3.8) is 0 Å². The maximum Gasteiger partial charge on any atom is 0.306 e. The lowest BCUT2D eigenvalue weighted by Gasteiger charge is -2.36. The highest BCUT2D eigenvalue weighted by Crippen LogP contribution is 2.10. The molecule has 0 radical (unpaired) electrons. The number of methoxy groups -OCH3 is 1. The van der Waals surface area contributed by atoms with E-state index < -0.39 is 0 Å². The Morgan fingerprint density at radius 1 is 1.32 bits per heavy atom. The van der Waals surface area contributed by atoms with Gasteiger partial charge in [0, 0.05) is 19.6 Å². The van der Waals surface area contributed by atoms with Crippen LogP contribution >= 0.6 is 0 Å². The summed E-state index contributed by atoms with van der Waals surface area (Å²) in [7, 11) is 3.19. The molecule has 0 saturated carbocycles. The van der Waals surface area contributed by atoms with Crippen molar-refractivity contribution in [3.8, 4) is 0 Å². The van der Waals surface area contributed by atoms with Crippen LogP contribution < -0.4 is 0 Å². The molecule has 1 saturated heterocycles. The molecule has 0 N–H and O–H groups in total. The lowest BCUT2D eigenvalue weighted by molar-refractivity contribution is -0.145. The third-order valence-electron chi connectivity index (χ3n) is 3.10. The molecular weight excluding hydrogens is 248 g/mol. The minimum Gasteiger partial charge on any atom is -0.469 e. The molecule has 110 valence electrons. The fourth-order valence-corrected chi connectivity index (χ4v) is 2.18. The van der Waals surface area contributed by atoms with Crippen molar-refractivity contribution in [2.75, 3.05) is 40.3 Å². The van der Waals surface area contributed by atoms with Gasteiger partial charge < -0.3 is 14.4 Å². The Balaban J connectivity index is 2.35. The molecule has 0 aliphatic carbocycles. The molecule has 0 aromatic carbocycles. The normalized spacial score (nSPS) is 23.5. The zero-order valence-corrected chi connectivity index (χ0v) is 12.2. The second kappa shape index (κ2) is 7.45. The van der Waals surface area contributed by atoms with E-state index in [2.05, 4.69) is 4.74 Å². The van der Waals surface area contributed by atoms with Crippen molar-refractivity contribution >= 4 is 11.9 Å².